The van der Waals surface area contributed by atoms with E-state index in [2.05, 4.69) is 14.8 Å². The molecule has 1 amide bonds. The maximum Gasteiger partial charge on any atom is 0.254 e. The summed E-state index contributed by atoms with van der Waals surface area (Å²) in [6.45, 7) is 4.14. The van der Waals surface area contributed by atoms with Crippen LogP contribution in [0.4, 0.5) is 4.39 Å². The summed E-state index contributed by atoms with van der Waals surface area (Å²) in [6, 6.07) is 9.25. The van der Waals surface area contributed by atoms with Gasteiger partial charge in [0, 0.05) is 36.5 Å². The molecule has 1 unspecified atom stereocenters. The summed E-state index contributed by atoms with van der Waals surface area (Å²) in [5.74, 6) is -0.251. The molecule has 2 saturated heterocycles. The third-order valence-corrected chi connectivity index (χ3v) is 5.77. The molecule has 3 heterocycles. The first kappa shape index (κ1) is 18.1. The molecule has 0 saturated carbocycles. The fraction of sp³-hybridized carbons (Fsp3) is 0.455. The lowest BCUT2D eigenvalue weighted by atomic mass is 9.99. The van der Waals surface area contributed by atoms with Crippen molar-refractivity contribution in [1.82, 2.24) is 14.8 Å². The van der Waals surface area contributed by atoms with Crippen LogP contribution >= 0.6 is 0 Å². The SMILES string of the molecule is O=C(c1ccc(-c2ccncc2F)cc1)N1CCCCC1CN1CCCC1. The average molecular weight is 367 g/mol. The smallest absolute Gasteiger partial charge is 0.254 e. The number of halogens is 1. The zero-order valence-electron chi connectivity index (χ0n) is 15.6. The maximum absolute atomic E-state index is 13.9. The van der Waals surface area contributed by atoms with Gasteiger partial charge in [-0.05, 0) is 69.0 Å². The highest BCUT2D eigenvalue weighted by Crippen LogP contribution is 2.25. The van der Waals surface area contributed by atoms with Gasteiger partial charge in [0.2, 0.25) is 0 Å². The lowest BCUT2D eigenvalue weighted by molar-refractivity contribution is 0.0560. The Morgan fingerprint density at radius 3 is 2.52 bits per heavy atom. The molecule has 5 heteroatoms. The summed E-state index contributed by atoms with van der Waals surface area (Å²) in [5, 5.41) is 0. The van der Waals surface area contributed by atoms with Crippen LogP contribution in [0.5, 0.6) is 0 Å². The number of pyridine rings is 1. The number of benzene rings is 1. The van der Waals surface area contributed by atoms with Gasteiger partial charge in [-0.15, -0.1) is 0 Å². The van der Waals surface area contributed by atoms with E-state index in [9.17, 15) is 9.18 Å². The molecule has 0 bridgehead atoms. The Bertz CT molecular complexity index is 786. The van der Waals surface area contributed by atoms with Gasteiger partial charge in [-0.3, -0.25) is 9.78 Å². The molecule has 4 rings (SSSR count). The molecule has 1 aromatic carbocycles. The fourth-order valence-electron chi connectivity index (χ4n) is 4.29. The van der Waals surface area contributed by atoms with E-state index in [1.165, 1.54) is 25.5 Å². The molecule has 2 aliphatic rings. The van der Waals surface area contributed by atoms with Crippen molar-refractivity contribution in [2.75, 3.05) is 26.2 Å². The summed E-state index contributed by atoms with van der Waals surface area (Å²) < 4.78 is 13.9. The van der Waals surface area contributed by atoms with E-state index in [-0.39, 0.29) is 11.7 Å². The van der Waals surface area contributed by atoms with Crippen LogP contribution in [0, 0.1) is 5.82 Å². The van der Waals surface area contributed by atoms with Gasteiger partial charge in [0.15, 0.2) is 0 Å². The van der Waals surface area contributed by atoms with E-state index < -0.39 is 0 Å². The highest BCUT2D eigenvalue weighted by molar-refractivity contribution is 5.95. The van der Waals surface area contributed by atoms with Gasteiger partial charge >= 0.3 is 0 Å². The lowest BCUT2D eigenvalue weighted by Crippen LogP contribution is -2.49. The number of nitrogens with zero attached hydrogens (tertiary/aromatic N) is 3. The minimum Gasteiger partial charge on any atom is -0.334 e. The second-order valence-corrected chi connectivity index (χ2v) is 7.59. The maximum atomic E-state index is 13.9. The molecule has 0 N–H and O–H groups in total. The number of amides is 1. The third kappa shape index (κ3) is 4.03. The van der Waals surface area contributed by atoms with Crippen molar-refractivity contribution in [2.24, 2.45) is 0 Å². The van der Waals surface area contributed by atoms with Crippen molar-refractivity contribution in [3.8, 4) is 11.1 Å². The number of piperidine rings is 1. The van der Waals surface area contributed by atoms with E-state index in [0.717, 1.165) is 44.6 Å². The number of carbonyl (C=O) groups excluding carboxylic acids is 1. The topological polar surface area (TPSA) is 36.4 Å². The zero-order valence-corrected chi connectivity index (χ0v) is 15.6. The summed E-state index contributed by atoms with van der Waals surface area (Å²) >= 11 is 0. The summed E-state index contributed by atoms with van der Waals surface area (Å²) in [4.78, 5) is 21.5. The minimum absolute atomic E-state index is 0.0978. The highest BCUT2D eigenvalue weighted by Gasteiger charge is 2.29. The molecule has 2 aliphatic heterocycles. The van der Waals surface area contributed by atoms with Crippen LogP contribution in [0.3, 0.4) is 0 Å². The van der Waals surface area contributed by atoms with Crippen molar-refractivity contribution in [3.05, 3.63) is 54.1 Å². The van der Waals surface area contributed by atoms with Crippen molar-refractivity contribution < 1.29 is 9.18 Å². The van der Waals surface area contributed by atoms with Crippen LogP contribution < -0.4 is 0 Å². The van der Waals surface area contributed by atoms with Crippen molar-refractivity contribution in [1.29, 1.82) is 0 Å². The van der Waals surface area contributed by atoms with E-state index >= 15 is 0 Å². The van der Waals surface area contributed by atoms with Gasteiger partial charge in [0.25, 0.3) is 5.91 Å². The molecule has 0 radical (unpaired) electrons. The second kappa shape index (κ2) is 8.17. The fourth-order valence-corrected chi connectivity index (χ4v) is 4.29. The Morgan fingerprint density at radius 1 is 1.04 bits per heavy atom. The Morgan fingerprint density at radius 2 is 1.78 bits per heavy atom. The molecular weight excluding hydrogens is 341 g/mol. The first-order chi connectivity index (χ1) is 13.2. The van der Waals surface area contributed by atoms with Crippen LogP contribution in [0.1, 0.15) is 42.5 Å². The zero-order chi connectivity index (χ0) is 18.6. The molecule has 0 aliphatic carbocycles. The molecule has 4 nitrogen and oxygen atoms in total. The first-order valence-corrected chi connectivity index (χ1v) is 9.95. The molecule has 27 heavy (non-hydrogen) atoms. The molecule has 0 spiro atoms. The number of hydrogen-bond donors (Lipinski definition) is 0. The lowest BCUT2D eigenvalue weighted by Gasteiger charge is -2.38. The van der Waals surface area contributed by atoms with E-state index in [1.807, 2.05) is 24.3 Å². The van der Waals surface area contributed by atoms with Gasteiger partial charge < -0.3 is 9.80 Å². The van der Waals surface area contributed by atoms with Gasteiger partial charge in [-0.2, -0.15) is 0 Å². The van der Waals surface area contributed by atoms with Gasteiger partial charge in [-0.25, -0.2) is 4.39 Å². The molecule has 142 valence electrons. The van der Waals surface area contributed by atoms with E-state index in [0.29, 0.717) is 17.2 Å². The van der Waals surface area contributed by atoms with Crippen molar-refractivity contribution in [2.45, 2.75) is 38.1 Å². The van der Waals surface area contributed by atoms with Gasteiger partial charge in [0.05, 0.1) is 6.20 Å². The normalized spacial score (nSPS) is 20.8. The van der Waals surface area contributed by atoms with E-state index in [4.69, 9.17) is 0 Å². The number of rotatable bonds is 4. The Kier molecular flexibility index (Phi) is 5.48. The minimum atomic E-state index is -0.349. The summed E-state index contributed by atoms with van der Waals surface area (Å²) in [7, 11) is 0. The number of hydrogen-bond acceptors (Lipinski definition) is 3. The number of likely N-dealkylation sites (tertiary alicyclic amines) is 2. The Labute approximate surface area is 160 Å². The van der Waals surface area contributed by atoms with Gasteiger partial charge in [-0.1, -0.05) is 12.1 Å². The summed E-state index contributed by atoms with van der Waals surface area (Å²) in [5.41, 5.74) is 1.95. The first-order valence-electron chi connectivity index (χ1n) is 9.95. The molecule has 1 atom stereocenters. The van der Waals surface area contributed by atoms with Crippen LogP contribution in [0.15, 0.2) is 42.7 Å². The molecule has 2 aromatic rings. The number of aromatic nitrogens is 1. The van der Waals surface area contributed by atoms with E-state index in [1.54, 1.807) is 12.3 Å². The van der Waals surface area contributed by atoms with Crippen molar-refractivity contribution >= 4 is 5.91 Å². The third-order valence-electron chi connectivity index (χ3n) is 5.77. The molecular formula is C22H26FN3O. The Balaban J connectivity index is 1.49. The number of carbonyl (C=O) groups is 1. The second-order valence-electron chi connectivity index (χ2n) is 7.59. The Hall–Kier alpha value is -2.27. The van der Waals surface area contributed by atoms with Crippen molar-refractivity contribution in [3.63, 3.8) is 0 Å². The van der Waals surface area contributed by atoms with Crippen LogP contribution in [-0.2, 0) is 0 Å². The monoisotopic (exact) mass is 367 g/mol. The van der Waals surface area contributed by atoms with Crippen LogP contribution in [-0.4, -0.2) is 52.9 Å². The predicted molar refractivity (Wildman–Crippen MR) is 104 cm³/mol. The quantitative estimate of drug-likeness (QED) is 0.820. The standard InChI is InChI=1S/C22H26FN3O/c23-21-15-24-11-10-20(21)17-6-8-18(9-7-17)22(27)26-14-2-1-5-19(26)16-25-12-3-4-13-25/h6-11,15,19H,1-5,12-14,16H2. The van der Waals surface area contributed by atoms with Gasteiger partial charge in [0.1, 0.15) is 5.82 Å². The average Bonchev–Trinajstić information content (AvgIpc) is 3.22. The van der Waals surface area contributed by atoms with Crippen LogP contribution in [0.25, 0.3) is 11.1 Å². The molecule has 2 fully saturated rings. The predicted octanol–water partition coefficient (Wildman–Crippen LogP) is 3.98. The largest absolute Gasteiger partial charge is 0.334 e. The molecule has 1 aromatic heterocycles. The highest BCUT2D eigenvalue weighted by atomic mass is 19.1. The van der Waals surface area contributed by atoms with Crippen LogP contribution in [0.2, 0.25) is 0 Å². The summed E-state index contributed by atoms with van der Waals surface area (Å²) in [6.07, 6.45) is 8.69.